The lowest BCUT2D eigenvalue weighted by atomic mass is 10.1. The Morgan fingerprint density at radius 2 is 2.08 bits per heavy atom. The first-order valence-electron chi connectivity index (χ1n) is 12.3. The topological polar surface area (TPSA) is 89.3 Å². The summed E-state index contributed by atoms with van der Waals surface area (Å²) in [6.07, 6.45) is 4.15. The molecule has 5 aromatic rings. The van der Waals surface area contributed by atoms with Crippen molar-refractivity contribution in [2.45, 2.75) is 39.2 Å². The van der Waals surface area contributed by atoms with Crippen LogP contribution in [0, 0.1) is 12.8 Å². The van der Waals surface area contributed by atoms with Crippen molar-refractivity contribution in [3.05, 3.63) is 58.9 Å². The number of pyridine rings is 1. The molecule has 9 heteroatoms. The summed E-state index contributed by atoms with van der Waals surface area (Å²) >= 11 is 3.08. The zero-order valence-corrected chi connectivity index (χ0v) is 22.8. The highest BCUT2D eigenvalue weighted by Crippen LogP contribution is 2.41. The molecule has 1 aromatic carbocycles. The van der Waals surface area contributed by atoms with Crippen LogP contribution in [0.1, 0.15) is 48.4 Å². The number of nitrogens with zero attached hydrogens (tertiary/aromatic N) is 3. The number of hydrogen-bond acceptors (Lipinski definition) is 7. The average Bonchev–Trinajstić information content (AvgIpc) is 3.26. The third-order valence-corrected chi connectivity index (χ3v) is 9.04. The third-order valence-electron chi connectivity index (χ3n) is 6.89. The van der Waals surface area contributed by atoms with E-state index in [1.54, 1.807) is 31.4 Å². The van der Waals surface area contributed by atoms with Gasteiger partial charge in [0.05, 0.1) is 31.9 Å². The molecule has 1 aliphatic rings. The summed E-state index contributed by atoms with van der Waals surface area (Å²) in [6, 6.07) is 9.74. The summed E-state index contributed by atoms with van der Waals surface area (Å²) in [5.74, 6) is 2.03. The van der Waals surface area contributed by atoms with Crippen LogP contribution in [0.25, 0.3) is 31.0 Å². The van der Waals surface area contributed by atoms with Gasteiger partial charge in [0.15, 0.2) is 0 Å². The van der Waals surface area contributed by atoms with E-state index in [1.165, 1.54) is 24.2 Å². The Hall–Kier alpha value is -3.27. The minimum Gasteiger partial charge on any atom is -0.456 e. The number of nitrogens with one attached hydrogen (secondary N) is 1. The van der Waals surface area contributed by atoms with E-state index in [9.17, 15) is 9.90 Å². The van der Waals surface area contributed by atoms with Gasteiger partial charge in [-0.1, -0.05) is 0 Å². The number of carbonyl (C=O) groups excluding carboxylic acids is 1. The van der Waals surface area contributed by atoms with Crippen molar-refractivity contribution in [2.24, 2.45) is 13.0 Å². The lowest BCUT2D eigenvalue weighted by Gasteiger charge is -2.12. The van der Waals surface area contributed by atoms with Crippen LogP contribution >= 0.6 is 22.7 Å². The van der Waals surface area contributed by atoms with E-state index < -0.39 is 5.60 Å². The first-order valence-corrected chi connectivity index (χ1v) is 14.0. The van der Waals surface area contributed by atoms with Gasteiger partial charge in [-0.05, 0) is 57.7 Å². The number of amides is 1. The average molecular weight is 533 g/mol. The molecular weight excluding hydrogens is 504 g/mol. The smallest absolute Gasteiger partial charge is 0.253 e. The highest BCUT2D eigenvalue weighted by molar-refractivity contribution is 7.25. The maximum Gasteiger partial charge on any atom is 0.253 e. The molecular formula is C28H28N4O3S2. The minimum atomic E-state index is -0.982. The second-order valence-corrected chi connectivity index (χ2v) is 12.1. The summed E-state index contributed by atoms with van der Waals surface area (Å²) in [5.41, 5.74) is 3.12. The summed E-state index contributed by atoms with van der Waals surface area (Å²) in [6.45, 7) is 6.20. The number of benzene rings is 1. The molecule has 1 saturated carbocycles. The molecule has 0 bridgehead atoms. The van der Waals surface area contributed by atoms with E-state index in [0.29, 0.717) is 23.1 Å². The van der Waals surface area contributed by atoms with Crippen molar-refractivity contribution >= 4 is 49.7 Å². The molecule has 0 aliphatic heterocycles. The molecule has 0 saturated heterocycles. The first-order chi connectivity index (χ1) is 17.7. The van der Waals surface area contributed by atoms with Crippen LogP contribution in [0.15, 0.2) is 41.9 Å². The van der Waals surface area contributed by atoms with Crippen molar-refractivity contribution in [2.75, 3.05) is 6.54 Å². The number of thiophene rings is 1. The maximum absolute atomic E-state index is 12.9. The van der Waals surface area contributed by atoms with E-state index in [-0.39, 0.29) is 5.91 Å². The van der Waals surface area contributed by atoms with E-state index in [4.69, 9.17) is 4.74 Å². The molecule has 6 rings (SSSR count). The molecule has 1 amide bonds. The van der Waals surface area contributed by atoms with E-state index >= 15 is 0 Å². The third kappa shape index (κ3) is 4.52. The van der Waals surface area contributed by atoms with Crippen molar-refractivity contribution < 1.29 is 14.6 Å². The molecule has 0 spiro atoms. The molecule has 0 unspecified atom stereocenters. The number of thiazole rings is 1. The molecule has 190 valence electrons. The van der Waals surface area contributed by atoms with Gasteiger partial charge in [-0.25, -0.2) is 4.98 Å². The monoisotopic (exact) mass is 532 g/mol. The lowest BCUT2D eigenvalue weighted by molar-refractivity contribution is 0.0746. The second-order valence-electron chi connectivity index (χ2n) is 10.2. The number of hydrogen-bond donors (Lipinski definition) is 2. The predicted molar refractivity (Wildman–Crippen MR) is 149 cm³/mol. The van der Waals surface area contributed by atoms with Crippen LogP contribution in [-0.4, -0.2) is 32.1 Å². The van der Waals surface area contributed by atoms with E-state index in [1.807, 2.05) is 54.3 Å². The molecule has 4 heterocycles. The van der Waals surface area contributed by atoms with Gasteiger partial charge in [-0.2, -0.15) is 0 Å². The Bertz CT molecular complexity index is 1650. The molecule has 4 aromatic heterocycles. The summed E-state index contributed by atoms with van der Waals surface area (Å²) < 4.78 is 9.34. The summed E-state index contributed by atoms with van der Waals surface area (Å²) in [7, 11) is 1.98. The van der Waals surface area contributed by atoms with Gasteiger partial charge in [0, 0.05) is 48.4 Å². The van der Waals surface area contributed by atoms with Gasteiger partial charge in [0.1, 0.15) is 22.1 Å². The fourth-order valence-electron chi connectivity index (χ4n) is 4.44. The number of fused-ring (bicyclic) bond motifs is 2. The SMILES string of the molecule is Cc1c(C(=O)NCC2CC2)c2ccc(Oc3ccnc4cc(-c5nc(C(C)(C)O)cs5)sc34)cc2n1C. The lowest BCUT2D eigenvalue weighted by Crippen LogP contribution is -2.26. The zero-order valence-electron chi connectivity index (χ0n) is 21.2. The fourth-order valence-corrected chi connectivity index (χ4v) is 6.55. The number of aliphatic hydroxyl groups is 1. The van der Waals surface area contributed by atoms with Crippen LogP contribution in [0.2, 0.25) is 0 Å². The van der Waals surface area contributed by atoms with Crippen molar-refractivity contribution in [3.8, 4) is 21.4 Å². The number of ether oxygens (including phenoxy) is 1. The number of rotatable bonds is 7. The fraction of sp³-hybridized carbons (Fsp3) is 0.321. The predicted octanol–water partition coefficient (Wildman–Crippen LogP) is 6.38. The number of aromatic nitrogens is 3. The van der Waals surface area contributed by atoms with Crippen LogP contribution in [0.3, 0.4) is 0 Å². The molecule has 37 heavy (non-hydrogen) atoms. The van der Waals surface area contributed by atoms with Gasteiger partial charge in [0.25, 0.3) is 5.91 Å². The second kappa shape index (κ2) is 8.93. The number of aryl methyl sites for hydroxylation is 1. The number of carbonyl (C=O) groups is 1. The first kappa shape index (κ1) is 24.1. The van der Waals surface area contributed by atoms with E-state index in [0.717, 1.165) is 48.8 Å². The Balaban J connectivity index is 1.31. The molecule has 1 fully saturated rings. The van der Waals surface area contributed by atoms with Crippen molar-refractivity contribution in [1.82, 2.24) is 19.9 Å². The Labute approximate surface area is 222 Å². The maximum atomic E-state index is 12.9. The summed E-state index contributed by atoms with van der Waals surface area (Å²) in [5, 5.41) is 17.0. The molecule has 2 N–H and O–H groups in total. The standard InChI is InChI=1S/C28H28N4O3S2/c1-15-24(26(33)30-13-16-5-6-16)18-8-7-17(11-20(18)32(15)4)35-21-9-10-29-19-12-22(37-25(19)21)27-31-23(14-36-27)28(2,3)34/h7-12,14,16,34H,5-6,13H2,1-4H3,(H,30,33). The van der Waals surface area contributed by atoms with Gasteiger partial charge < -0.3 is 19.7 Å². The highest BCUT2D eigenvalue weighted by Gasteiger charge is 2.25. The normalized spacial score (nSPS) is 14.0. The van der Waals surface area contributed by atoms with Crippen LogP contribution in [-0.2, 0) is 12.6 Å². The van der Waals surface area contributed by atoms with Gasteiger partial charge >= 0.3 is 0 Å². The Kier molecular flexibility index (Phi) is 5.82. The Morgan fingerprint density at radius 1 is 1.27 bits per heavy atom. The van der Waals surface area contributed by atoms with Crippen LogP contribution in [0.4, 0.5) is 0 Å². The molecule has 0 radical (unpaired) electrons. The van der Waals surface area contributed by atoms with Gasteiger partial charge in [0.2, 0.25) is 0 Å². The summed E-state index contributed by atoms with van der Waals surface area (Å²) in [4.78, 5) is 23.1. The Morgan fingerprint density at radius 3 is 2.81 bits per heavy atom. The van der Waals surface area contributed by atoms with Crippen LogP contribution in [0.5, 0.6) is 11.5 Å². The van der Waals surface area contributed by atoms with E-state index in [2.05, 4.69) is 15.3 Å². The van der Waals surface area contributed by atoms with Crippen LogP contribution < -0.4 is 10.1 Å². The molecule has 0 atom stereocenters. The van der Waals surface area contributed by atoms with Crippen molar-refractivity contribution in [1.29, 1.82) is 0 Å². The highest BCUT2D eigenvalue weighted by atomic mass is 32.1. The largest absolute Gasteiger partial charge is 0.456 e. The quantitative estimate of drug-likeness (QED) is 0.254. The van der Waals surface area contributed by atoms with Crippen molar-refractivity contribution in [3.63, 3.8) is 0 Å². The van der Waals surface area contributed by atoms with Gasteiger partial charge in [-0.15, -0.1) is 22.7 Å². The minimum absolute atomic E-state index is 0.0134. The molecule has 7 nitrogen and oxygen atoms in total. The molecule has 1 aliphatic carbocycles. The zero-order chi connectivity index (χ0) is 25.9. The van der Waals surface area contributed by atoms with Gasteiger partial charge in [-0.3, -0.25) is 9.78 Å².